The zero-order valence-corrected chi connectivity index (χ0v) is 9.80. The van der Waals surface area contributed by atoms with Crippen LogP contribution in [0.3, 0.4) is 0 Å². The van der Waals surface area contributed by atoms with Gasteiger partial charge in [0.25, 0.3) is 0 Å². The van der Waals surface area contributed by atoms with Gasteiger partial charge >= 0.3 is 0 Å². The summed E-state index contributed by atoms with van der Waals surface area (Å²) in [6.45, 7) is 5.28. The Bertz CT molecular complexity index is 207. The van der Waals surface area contributed by atoms with Crippen molar-refractivity contribution in [2.45, 2.75) is 31.4 Å². The van der Waals surface area contributed by atoms with Gasteiger partial charge in [-0.05, 0) is 25.7 Å². The highest BCUT2D eigenvalue weighted by Crippen LogP contribution is 2.37. The van der Waals surface area contributed by atoms with Crippen LogP contribution in [0.2, 0.25) is 0 Å². The first-order chi connectivity index (χ1) is 7.83. The first kappa shape index (κ1) is 11.0. The summed E-state index contributed by atoms with van der Waals surface area (Å²) in [6.07, 6.45) is 4.43. The average molecular weight is 227 g/mol. The molecule has 0 aliphatic carbocycles. The van der Waals surface area contributed by atoms with E-state index >= 15 is 0 Å². The third kappa shape index (κ3) is 1.99. The Morgan fingerprint density at radius 1 is 0.875 bits per heavy atom. The fraction of sp³-hybridized carbons (Fsp3) is 1.00. The molecule has 1 unspecified atom stereocenters. The van der Waals surface area contributed by atoms with Gasteiger partial charge in [0.1, 0.15) is 5.72 Å². The van der Waals surface area contributed by atoms with Gasteiger partial charge in [-0.15, -0.1) is 0 Å². The Balaban J connectivity index is 1.61. The van der Waals surface area contributed by atoms with E-state index in [1.54, 1.807) is 0 Å². The molecule has 3 fully saturated rings. The smallest absolute Gasteiger partial charge is 0.142 e. The fourth-order valence-corrected chi connectivity index (χ4v) is 2.89. The maximum atomic E-state index is 6.11. The van der Waals surface area contributed by atoms with Gasteiger partial charge in [-0.1, -0.05) is 0 Å². The van der Waals surface area contributed by atoms with E-state index < -0.39 is 0 Å². The van der Waals surface area contributed by atoms with E-state index in [9.17, 15) is 0 Å². The standard InChI is InChI=1S/C12H21NO3/c1-2-12(10-15-5-1)13-8-11(9-16-12)3-6-14-7-4-11/h13H,1-10H2. The predicted molar refractivity (Wildman–Crippen MR) is 59.2 cm³/mol. The molecule has 4 nitrogen and oxygen atoms in total. The fourth-order valence-electron chi connectivity index (χ4n) is 2.89. The van der Waals surface area contributed by atoms with Crippen LogP contribution in [0, 0.1) is 5.41 Å². The molecule has 0 radical (unpaired) electrons. The van der Waals surface area contributed by atoms with Crippen LogP contribution in [0.5, 0.6) is 0 Å². The van der Waals surface area contributed by atoms with Crippen LogP contribution in [-0.2, 0) is 14.2 Å². The molecule has 16 heavy (non-hydrogen) atoms. The molecule has 92 valence electrons. The topological polar surface area (TPSA) is 39.7 Å². The second-order valence-corrected chi connectivity index (χ2v) is 5.41. The second-order valence-electron chi connectivity index (χ2n) is 5.41. The third-order valence-electron chi connectivity index (χ3n) is 4.20. The molecule has 3 aliphatic heterocycles. The predicted octanol–water partition coefficient (Wildman–Crippen LogP) is 0.910. The molecule has 1 atom stereocenters. The molecule has 1 N–H and O–H groups in total. The molecule has 3 saturated heterocycles. The lowest BCUT2D eigenvalue weighted by molar-refractivity contribution is -0.206. The largest absolute Gasteiger partial charge is 0.381 e. The minimum absolute atomic E-state index is 0.179. The maximum Gasteiger partial charge on any atom is 0.142 e. The number of nitrogens with one attached hydrogen (secondary N) is 1. The van der Waals surface area contributed by atoms with E-state index in [4.69, 9.17) is 14.2 Å². The molecule has 0 bridgehead atoms. The number of ether oxygens (including phenoxy) is 3. The summed E-state index contributed by atoms with van der Waals surface area (Å²) in [5, 5.41) is 3.59. The van der Waals surface area contributed by atoms with Gasteiger partial charge in [0.2, 0.25) is 0 Å². The quantitative estimate of drug-likeness (QED) is 0.667. The molecule has 0 saturated carbocycles. The normalized spacial score (nSPS) is 39.0. The highest BCUT2D eigenvalue weighted by Gasteiger charge is 2.44. The van der Waals surface area contributed by atoms with Crippen molar-refractivity contribution in [2.75, 3.05) is 39.6 Å². The van der Waals surface area contributed by atoms with Crippen molar-refractivity contribution < 1.29 is 14.2 Å². The molecule has 3 heterocycles. The van der Waals surface area contributed by atoms with Crippen LogP contribution in [0.25, 0.3) is 0 Å². The van der Waals surface area contributed by atoms with Crippen LogP contribution in [0.4, 0.5) is 0 Å². The lowest BCUT2D eigenvalue weighted by atomic mass is 9.79. The van der Waals surface area contributed by atoms with Gasteiger partial charge in [-0.3, -0.25) is 5.32 Å². The van der Waals surface area contributed by atoms with Crippen molar-refractivity contribution in [3.8, 4) is 0 Å². The highest BCUT2D eigenvalue weighted by molar-refractivity contribution is 4.94. The molecule has 0 aromatic heterocycles. The first-order valence-corrected chi connectivity index (χ1v) is 6.37. The SMILES string of the molecule is C1COCC2(C1)NCC1(CCOCC1)CO2. The summed E-state index contributed by atoms with van der Waals surface area (Å²) in [5.74, 6) is 0. The monoisotopic (exact) mass is 227 g/mol. The molecular weight excluding hydrogens is 206 g/mol. The van der Waals surface area contributed by atoms with E-state index in [0.717, 1.165) is 58.7 Å². The summed E-state index contributed by atoms with van der Waals surface area (Å²) in [6, 6.07) is 0. The molecule has 0 aromatic carbocycles. The lowest BCUT2D eigenvalue weighted by Crippen LogP contribution is -2.63. The summed E-state index contributed by atoms with van der Waals surface area (Å²) in [4.78, 5) is 0. The van der Waals surface area contributed by atoms with Crippen molar-refractivity contribution in [3.05, 3.63) is 0 Å². The van der Waals surface area contributed by atoms with E-state index in [0.29, 0.717) is 12.0 Å². The minimum atomic E-state index is -0.179. The molecule has 3 rings (SSSR count). The van der Waals surface area contributed by atoms with Crippen LogP contribution >= 0.6 is 0 Å². The highest BCUT2D eigenvalue weighted by atomic mass is 16.6. The second kappa shape index (κ2) is 4.26. The number of hydrogen-bond acceptors (Lipinski definition) is 4. The lowest BCUT2D eigenvalue weighted by Gasteiger charge is -2.49. The molecule has 0 aromatic rings. The van der Waals surface area contributed by atoms with E-state index in [1.165, 1.54) is 0 Å². The van der Waals surface area contributed by atoms with Crippen molar-refractivity contribution in [2.24, 2.45) is 5.41 Å². The Morgan fingerprint density at radius 2 is 1.75 bits per heavy atom. The van der Waals surface area contributed by atoms with Crippen molar-refractivity contribution >= 4 is 0 Å². The Labute approximate surface area is 96.6 Å². The van der Waals surface area contributed by atoms with E-state index in [1.807, 2.05) is 0 Å². The van der Waals surface area contributed by atoms with E-state index in [-0.39, 0.29) is 5.72 Å². The molecular formula is C12H21NO3. The average Bonchev–Trinajstić information content (AvgIpc) is 2.36. The van der Waals surface area contributed by atoms with Crippen LogP contribution < -0.4 is 5.32 Å². The Morgan fingerprint density at radius 3 is 2.38 bits per heavy atom. The van der Waals surface area contributed by atoms with Gasteiger partial charge in [0.05, 0.1) is 13.2 Å². The third-order valence-corrected chi connectivity index (χ3v) is 4.20. The molecule has 4 heteroatoms. The Hall–Kier alpha value is -0.160. The minimum Gasteiger partial charge on any atom is -0.381 e. The first-order valence-electron chi connectivity index (χ1n) is 6.37. The summed E-state index contributed by atoms with van der Waals surface area (Å²) < 4.78 is 17.1. The van der Waals surface area contributed by atoms with Crippen molar-refractivity contribution in [1.82, 2.24) is 5.32 Å². The zero-order chi connectivity index (χ0) is 10.9. The van der Waals surface area contributed by atoms with Crippen molar-refractivity contribution in [3.63, 3.8) is 0 Å². The van der Waals surface area contributed by atoms with Gasteiger partial charge in [0, 0.05) is 31.8 Å². The Kier molecular flexibility index (Phi) is 2.92. The number of hydrogen-bond donors (Lipinski definition) is 1. The molecule has 3 aliphatic rings. The zero-order valence-electron chi connectivity index (χ0n) is 9.80. The van der Waals surface area contributed by atoms with Gasteiger partial charge in [-0.2, -0.15) is 0 Å². The molecule has 2 spiro atoms. The summed E-state index contributed by atoms with van der Waals surface area (Å²) in [5.41, 5.74) is 0.142. The maximum absolute atomic E-state index is 6.11. The van der Waals surface area contributed by atoms with Crippen LogP contribution in [0.1, 0.15) is 25.7 Å². The van der Waals surface area contributed by atoms with Crippen LogP contribution in [-0.4, -0.2) is 45.3 Å². The van der Waals surface area contributed by atoms with Gasteiger partial charge in [0.15, 0.2) is 0 Å². The van der Waals surface area contributed by atoms with Crippen molar-refractivity contribution in [1.29, 1.82) is 0 Å². The summed E-state index contributed by atoms with van der Waals surface area (Å²) >= 11 is 0. The van der Waals surface area contributed by atoms with Crippen LogP contribution in [0.15, 0.2) is 0 Å². The summed E-state index contributed by atoms with van der Waals surface area (Å²) in [7, 11) is 0. The molecule has 0 amide bonds. The van der Waals surface area contributed by atoms with Gasteiger partial charge < -0.3 is 14.2 Å². The number of rotatable bonds is 0. The van der Waals surface area contributed by atoms with E-state index in [2.05, 4.69) is 5.32 Å². The van der Waals surface area contributed by atoms with Gasteiger partial charge in [-0.25, -0.2) is 0 Å².